The van der Waals surface area contributed by atoms with E-state index in [1.807, 2.05) is 11.8 Å². The van der Waals surface area contributed by atoms with E-state index in [1.165, 1.54) is 0 Å². The van der Waals surface area contributed by atoms with Gasteiger partial charge in [-0.3, -0.25) is 0 Å². The minimum Gasteiger partial charge on any atom is -0.332 e. The minimum absolute atomic E-state index is 0.0456. The topological polar surface area (TPSA) is 32.3 Å². The molecule has 0 bridgehead atoms. The van der Waals surface area contributed by atoms with E-state index in [1.54, 1.807) is 6.08 Å². The molecule has 0 aromatic carbocycles. The van der Waals surface area contributed by atoms with E-state index < -0.39 is 0 Å². The number of rotatable bonds is 2. The Balaban J connectivity index is 2.34. The molecule has 0 aliphatic carbocycles. The number of nitrogens with zero attached hydrogens (tertiary/aromatic N) is 1. The zero-order chi connectivity index (χ0) is 10.6. The van der Waals surface area contributed by atoms with Gasteiger partial charge in [-0.25, -0.2) is 4.79 Å². The summed E-state index contributed by atoms with van der Waals surface area (Å²) in [6.45, 7) is 9.57. The van der Waals surface area contributed by atoms with Crippen LogP contribution in [0.4, 0.5) is 4.79 Å². The summed E-state index contributed by atoms with van der Waals surface area (Å²) in [5.41, 5.74) is 0. The van der Waals surface area contributed by atoms with Crippen molar-refractivity contribution in [1.82, 2.24) is 10.2 Å². The van der Waals surface area contributed by atoms with Gasteiger partial charge < -0.3 is 10.2 Å². The Kier molecular flexibility index (Phi) is 3.98. The van der Waals surface area contributed by atoms with Crippen LogP contribution < -0.4 is 5.32 Å². The first kappa shape index (κ1) is 11.1. The number of piperidine rings is 1. The van der Waals surface area contributed by atoms with Crippen molar-refractivity contribution < 1.29 is 4.79 Å². The van der Waals surface area contributed by atoms with Gasteiger partial charge in [0.1, 0.15) is 0 Å². The highest BCUT2D eigenvalue weighted by molar-refractivity contribution is 5.74. The highest BCUT2D eigenvalue weighted by atomic mass is 16.2. The van der Waals surface area contributed by atoms with Crippen LogP contribution in [0.2, 0.25) is 0 Å². The molecule has 0 aromatic rings. The molecule has 2 amide bonds. The third-order valence-corrected chi connectivity index (χ3v) is 2.78. The van der Waals surface area contributed by atoms with E-state index in [0.717, 1.165) is 31.8 Å². The number of hydrogen-bond donors (Lipinski definition) is 1. The monoisotopic (exact) mass is 196 g/mol. The lowest BCUT2D eigenvalue weighted by atomic mass is 10.00. The van der Waals surface area contributed by atoms with E-state index in [-0.39, 0.29) is 12.1 Å². The predicted molar refractivity (Wildman–Crippen MR) is 58.2 cm³/mol. The molecule has 1 unspecified atom stereocenters. The van der Waals surface area contributed by atoms with Gasteiger partial charge >= 0.3 is 6.03 Å². The quantitative estimate of drug-likeness (QED) is 0.673. The first-order valence-corrected chi connectivity index (χ1v) is 5.31. The zero-order valence-electron chi connectivity index (χ0n) is 9.12. The summed E-state index contributed by atoms with van der Waals surface area (Å²) < 4.78 is 0. The van der Waals surface area contributed by atoms with Crippen LogP contribution in [0.15, 0.2) is 12.7 Å². The molecule has 80 valence electrons. The summed E-state index contributed by atoms with van der Waals surface area (Å²) >= 11 is 0. The van der Waals surface area contributed by atoms with Crippen molar-refractivity contribution in [2.24, 2.45) is 5.92 Å². The molecule has 0 aromatic heterocycles. The van der Waals surface area contributed by atoms with Crippen molar-refractivity contribution >= 4 is 6.03 Å². The summed E-state index contributed by atoms with van der Waals surface area (Å²) in [5.74, 6) is 0.760. The van der Waals surface area contributed by atoms with Gasteiger partial charge in [-0.1, -0.05) is 13.0 Å². The summed E-state index contributed by atoms with van der Waals surface area (Å²) in [6.07, 6.45) is 3.98. The Bertz CT molecular complexity index is 207. The van der Waals surface area contributed by atoms with E-state index in [9.17, 15) is 4.79 Å². The van der Waals surface area contributed by atoms with Gasteiger partial charge in [0, 0.05) is 19.1 Å². The number of amides is 2. The van der Waals surface area contributed by atoms with Crippen molar-refractivity contribution in [2.45, 2.75) is 32.7 Å². The Labute approximate surface area is 86.2 Å². The van der Waals surface area contributed by atoms with Gasteiger partial charge in [-0.15, -0.1) is 6.58 Å². The average Bonchev–Trinajstić information content (AvgIpc) is 2.18. The number of carbonyl (C=O) groups is 1. The number of carbonyl (C=O) groups excluding carboxylic acids is 1. The highest BCUT2D eigenvalue weighted by Crippen LogP contribution is 2.15. The van der Waals surface area contributed by atoms with Crippen molar-refractivity contribution in [1.29, 1.82) is 0 Å². The Morgan fingerprint density at radius 2 is 2.14 bits per heavy atom. The van der Waals surface area contributed by atoms with Crippen LogP contribution in [-0.2, 0) is 0 Å². The van der Waals surface area contributed by atoms with Crippen LogP contribution in [0.1, 0.15) is 26.7 Å². The molecule has 3 heteroatoms. The van der Waals surface area contributed by atoms with Crippen LogP contribution in [-0.4, -0.2) is 30.1 Å². The molecule has 14 heavy (non-hydrogen) atoms. The van der Waals surface area contributed by atoms with E-state index >= 15 is 0 Å². The van der Waals surface area contributed by atoms with E-state index in [0.29, 0.717) is 0 Å². The molecule has 1 rings (SSSR count). The normalized spacial score (nSPS) is 20.3. The first-order chi connectivity index (χ1) is 6.63. The Hall–Kier alpha value is -0.990. The van der Waals surface area contributed by atoms with Gasteiger partial charge in [0.05, 0.1) is 0 Å². The van der Waals surface area contributed by atoms with Gasteiger partial charge in [0.25, 0.3) is 0 Å². The standard InChI is InChI=1S/C11H20N2O/c1-4-10(3)12-11(14)13-7-5-9(2)6-8-13/h4,9-10H,1,5-8H2,2-3H3,(H,12,14). The van der Waals surface area contributed by atoms with Gasteiger partial charge in [0.15, 0.2) is 0 Å². The fourth-order valence-corrected chi connectivity index (χ4v) is 1.56. The fourth-order valence-electron chi connectivity index (χ4n) is 1.56. The lowest BCUT2D eigenvalue weighted by molar-refractivity contribution is 0.172. The molecule has 1 saturated heterocycles. The molecule has 1 fully saturated rings. The van der Waals surface area contributed by atoms with Gasteiger partial charge in [-0.05, 0) is 25.7 Å². The lowest BCUT2D eigenvalue weighted by Crippen LogP contribution is -2.46. The highest BCUT2D eigenvalue weighted by Gasteiger charge is 2.20. The number of hydrogen-bond acceptors (Lipinski definition) is 1. The van der Waals surface area contributed by atoms with Gasteiger partial charge in [-0.2, -0.15) is 0 Å². The Morgan fingerprint density at radius 1 is 1.57 bits per heavy atom. The second kappa shape index (κ2) is 5.03. The maximum absolute atomic E-state index is 11.6. The molecule has 1 atom stereocenters. The molecular weight excluding hydrogens is 176 g/mol. The second-order valence-electron chi connectivity index (χ2n) is 4.14. The number of urea groups is 1. The molecule has 0 radical (unpaired) electrons. The van der Waals surface area contributed by atoms with Crippen molar-refractivity contribution in [3.05, 3.63) is 12.7 Å². The van der Waals surface area contributed by atoms with E-state index in [2.05, 4.69) is 18.8 Å². The largest absolute Gasteiger partial charge is 0.332 e. The first-order valence-electron chi connectivity index (χ1n) is 5.31. The second-order valence-corrected chi connectivity index (χ2v) is 4.14. The van der Waals surface area contributed by atoms with Crippen LogP contribution in [0, 0.1) is 5.92 Å². The predicted octanol–water partition coefficient (Wildman–Crippen LogP) is 2.00. The molecule has 1 heterocycles. The smallest absolute Gasteiger partial charge is 0.317 e. The molecule has 0 spiro atoms. The molecule has 1 aliphatic rings. The maximum atomic E-state index is 11.6. The molecular formula is C11H20N2O. The van der Waals surface area contributed by atoms with Crippen LogP contribution in [0.3, 0.4) is 0 Å². The van der Waals surface area contributed by atoms with Crippen molar-refractivity contribution in [2.75, 3.05) is 13.1 Å². The van der Waals surface area contributed by atoms with E-state index in [4.69, 9.17) is 0 Å². The maximum Gasteiger partial charge on any atom is 0.317 e. The molecule has 1 aliphatic heterocycles. The van der Waals surface area contributed by atoms with Crippen LogP contribution >= 0.6 is 0 Å². The molecule has 0 saturated carbocycles. The number of nitrogens with one attached hydrogen (secondary N) is 1. The van der Waals surface area contributed by atoms with Crippen molar-refractivity contribution in [3.63, 3.8) is 0 Å². The van der Waals surface area contributed by atoms with Crippen molar-refractivity contribution in [3.8, 4) is 0 Å². The Morgan fingerprint density at radius 3 is 2.64 bits per heavy atom. The molecule has 1 N–H and O–H groups in total. The summed E-state index contributed by atoms with van der Waals surface area (Å²) in [7, 11) is 0. The van der Waals surface area contributed by atoms with Crippen LogP contribution in [0.5, 0.6) is 0 Å². The van der Waals surface area contributed by atoms with Crippen LogP contribution in [0.25, 0.3) is 0 Å². The average molecular weight is 196 g/mol. The third-order valence-electron chi connectivity index (χ3n) is 2.78. The van der Waals surface area contributed by atoms with Gasteiger partial charge in [0.2, 0.25) is 0 Å². The zero-order valence-corrected chi connectivity index (χ0v) is 9.12. The number of likely N-dealkylation sites (tertiary alicyclic amines) is 1. The lowest BCUT2D eigenvalue weighted by Gasteiger charge is -2.31. The SMILES string of the molecule is C=CC(C)NC(=O)N1CCC(C)CC1. The fraction of sp³-hybridized carbons (Fsp3) is 0.727. The minimum atomic E-state index is 0.0456. The third kappa shape index (κ3) is 3.05. The summed E-state index contributed by atoms with van der Waals surface area (Å²) in [4.78, 5) is 13.5. The molecule has 3 nitrogen and oxygen atoms in total. The summed E-state index contributed by atoms with van der Waals surface area (Å²) in [6, 6.07) is 0.103. The summed E-state index contributed by atoms with van der Waals surface area (Å²) in [5, 5.41) is 2.88.